The van der Waals surface area contributed by atoms with E-state index in [4.69, 9.17) is 5.10 Å². The minimum atomic E-state index is -0.384. The van der Waals surface area contributed by atoms with Gasteiger partial charge in [-0.2, -0.15) is 5.10 Å². The molecule has 0 radical (unpaired) electrons. The fourth-order valence-corrected chi connectivity index (χ4v) is 4.07. The summed E-state index contributed by atoms with van der Waals surface area (Å²) in [6, 6.07) is 35.6. The maximum Gasteiger partial charge on any atom is 0.269 e. The number of nitro benzene ring substituents is 1. The number of nitrogens with zero attached hydrogens (tertiary/aromatic N) is 3. The Morgan fingerprint density at radius 2 is 1.28 bits per heavy atom. The van der Waals surface area contributed by atoms with E-state index >= 15 is 0 Å². The summed E-state index contributed by atoms with van der Waals surface area (Å²) < 4.78 is 0. The van der Waals surface area contributed by atoms with Crippen LogP contribution in [0.15, 0.2) is 114 Å². The Kier molecular flexibility index (Phi) is 5.22. The molecule has 0 bridgehead atoms. The number of hydrazone groups is 1. The summed E-state index contributed by atoms with van der Waals surface area (Å²) >= 11 is 0. The quantitative estimate of drug-likeness (QED) is 0.270. The van der Waals surface area contributed by atoms with Gasteiger partial charge >= 0.3 is 0 Å². The number of anilines is 1. The van der Waals surface area contributed by atoms with Gasteiger partial charge in [-0.25, -0.2) is 0 Å². The number of non-ortho nitro benzene ring substituents is 1. The molecule has 1 unspecified atom stereocenters. The molecule has 1 heterocycles. The topological polar surface area (TPSA) is 58.7 Å². The molecule has 0 N–H and O–H groups in total. The standard InChI is InChI=1S/C27H21N3O2/c31-30(32)25-17-15-24(16-18-25)29-27(23-9-5-2-6-10-23)19-26(28-29)22-13-11-21(12-14-22)20-7-3-1-4-8-20/h1-18,27H,19H2. The zero-order chi connectivity index (χ0) is 21.9. The van der Waals surface area contributed by atoms with Crippen molar-refractivity contribution in [3.63, 3.8) is 0 Å². The Bertz CT molecular complexity index is 1250. The molecule has 0 fully saturated rings. The summed E-state index contributed by atoms with van der Waals surface area (Å²) in [7, 11) is 0. The van der Waals surface area contributed by atoms with Gasteiger partial charge in [0.05, 0.1) is 22.4 Å². The molecule has 4 aromatic rings. The summed E-state index contributed by atoms with van der Waals surface area (Å²) in [6.45, 7) is 0. The molecule has 5 rings (SSSR count). The highest BCUT2D eigenvalue weighted by Gasteiger charge is 2.30. The van der Waals surface area contributed by atoms with Gasteiger partial charge in [0.2, 0.25) is 0 Å². The Labute approximate surface area is 186 Å². The first kappa shape index (κ1) is 19.7. The van der Waals surface area contributed by atoms with Crippen molar-refractivity contribution < 1.29 is 4.92 Å². The summed E-state index contributed by atoms with van der Waals surface area (Å²) in [5.74, 6) is 0. The molecule has 0 aliphatic carbocycles. The third kappa shape index (κ3) is 3.88. The molecule has 0 spiro atoms. The highest BCUT2D eigenvalue weighted by molar-refractivity contribution is 6.03. The summed E-state index contributed by atoms with van der Waals surface area (Å²) in [6.07, 6.45) is 0.756. The molecule has 5 nitrogen and oxygen atoms in total. The van der Waals surface area contributed by atoms with Gasteiger partial charge in [0.15, 0.2) is 0 Å². The highest BCUT2D eigenvalue weighted by atomic mass is 16.6. The fraction of sp³-hybridized carbons (Fsp3) is 0.0741. The van der Waals surface area contributed by atoms with Gasteiger partial charge in [0.25, 0.3) is 5.69 Å². The monoisotopic (exact) mass is 419 g/mol. The van der Waals surface area contributed by atoms with Crippen LogP contribution in [0.25, 0.3) is 11.1 Å². The van der Waals surface area contributed by atoms with Gasteiger partial charge in [0, 0.05) is 18.6 Å². The van der Waals surface area contributed by atoms with Gasteiger partial charge in [0.1, 0.15) is 0 Å². The Morgan fingerprint density at radius 3 is 1.91 bits per heavy atom. The maximum absolute atomic E-state index is 11.1. The second-order valence-electron chi connectivity index (χ2n) is 7.74. The van der Waals surface area contributed by atoms with E-state index < -0.39 is 0 Å². The zero-order valence-electron chi connectivity index (χ0n) is 17.3. The van der Waals surface area contributed by atoms with Crippen molar-refractivity contribution in [3.05, 3.63) is 130 Å². The van der Waals surface area contributed by atoms with Crippen LogP contribution < -0.4 is 5.01 Å². The lowest BCUT2D eigenvalue weighted by atomic mass is 9.96. The minimum Gasteiger partial charge on any atom is -0.258 e. The number of nitro groups is 1. The molecular weight excluding hydrogens is 398 g/mol. The molecule has 1 aliphatic rings. The molecular formula is C27H21N3O2. The predicted octanol–water partition coefficient (Wildman–Crippen LogP) is 6.62. The lowest BCUT2D eigenvalue weighted by Crippen LogP contribution is -2.18. The normalized spacial score (nSPS) is 15.4. The maximum atomic E-state index is 11.1. The van der Waals surface area contributed by atoms with Crippen molar-refractivity contribution in [1.82, 2.24) is 0 Å². The Balaban J connectivity index is 1.48. The molecule has 156 valence electrons. The van der Waals surface area contributed by atoms with E-state index in [1.807, 2.05) is 41.4 Å². The van der Waals surface area contributed by atoms with E-state index in [1.54, 1.807) is 12.1 Å². The van der Waals surface area contributed by atoms with Crippen LogP contribution in [0.2, 0.25) is 0 Å². The van der Waals surface area contributed by atoms with Crippen LogP contribution >= 0.6 is 0 Å². The van der Waals surface area contributed by atoms with Gasteiger partial charge in [-0.15, -0.1) is 0 Å². The molecule has 4 aromatic carbocycles. The molecule has 1 aliphatic heterocycles. The van der Waals surface area contributed by atoms with Crippen molar-refractivity contribution in [3.8, 4) is 11.1 Å². The Hall–Kier alpha value is -4.25. The summed E-state index contributed by atoms with van der Waals surface area (Å²) in [5.41, 5.74) is 6.49. The molecule has 0 saturated carbocycles. The average Bonchev–Trinajstić information content (AvgIpc) is 3.31. The molecule has 0 aromatic heterocycles. The smallest absolute Gasteiger partial charge is 0.258 e. The first-order valence-corrected chi connectivity index (χ1v) is 10.5. The predicted molar refractivity (Wildman–Crippen MR) is 128 cm³/mol. The number of hydrogen-bond acceptors (Lipinski definition) is 4. The van der Waals surface area contributed by atoms with E-state index in [0.717, 1.165) is 28.9 Å². The molecule has 0 saturated heterocycles. The van der Waals surface area contributed by atoms with Crippen LogP contribution in [0.5, 0.6) is 0 Å². The molecule has 5 heteroatoms. The van der Waals surface area contributed by atoms with Crippen LogP contribution in [0.3, 0.4) is 0 Å². The highest BCUT2D eigenvalue weighted by Crippen LogP contribution is 2.37. The van der Waals surface area contributed by atoms with E-state index in [9.17, 15) is 10.1 Å². The second-order valence-corrected chi connectivity index (χ2v) is 7.74. The first-order valence-electron chi connectivity index (χ1n) is 10.5. The van der Waals surface area contributed by atoms with Crippen molar-refractivity contribution >= 4 is 17.1 Å². The lowest BCUT2D eigenvalue weighted by molar-refractivity contribution is -0.384. The fourth-order valence-electron chi connectivity index (χ4n) is 4.07. The number of benzene rings is 4. The van der Waals surface area contributed by atoms with Crippen molar-refractivity contribution in [1.29, 1.82) is 0 Å². The Morgan fingerprint density at radius 1 is 0.719 bits per heavy atom. The van der Waals surface area contributed by atoms with Gasteiger partial charge < -0.3 is 0 Å². The van der Waals surface area contributed by atoms with E-state index in [-0.39, 0.29) is 16.7 Å². The van der Waals surface area contributed by atoms with Crippen molar-refractivity contribution in [2.75, 3.05) is 5.01 Å². The largest absolute Gasteiger partial charge is 0.269 e. The molecule has 0 amide bonds. The van der Waals surface area contributed by atoms with Crippen LogP contribution in [0.1, 0.15) is 23.6 Å². The van der Waals surface area contributed by atoms with E-state index in [2.05, 4.69) is 48.5 Å². The third-order valence-corrected chi connectivity index (χ3v) is 5.75. The third-order valence-electron chi connectivity index (χ3n) is 5.75. The van der Waals surface area contributed by atoms with Crippen LogP contribution in [-0.2, 0) is 0 Å². The average molecular weight is 419 g/mol. The van der Waals surface area contributed by atoms with Crippen LogP contribution in [0, 0.1) is 10.1 Å². The zero-order valence-corrected chi connectivity index (χ0v) is 17.3. The number of rotatable bonds is 5. The van der Waals surface area contributed by atoms with E-state index in [1.165, 1.54) is 23.3 Å². The second kappa shape index (κ2) is 8.47. The van der Waals surface area contributed by atoms with Gasteiger partial charge in [-0.1, -0.05) is 84.9 Å². The molecule has 32 heavy (non-hydrogen) atoms. The molecule has 1 atom stereocenters. The van der Waals surface area contributed by atoms with Gasteiger partial charge in [-0.3, -0.25) is 15.1 Å². The van der Waals surface area contributed by atoms with Gasteiger partial charge in [-0.05, 0) is 34.4 Å². The lowest BCUT2D eigenvalue weighted by Gasteiger charge is -2.23. The van der Waals surface area contributed by atoms with Crippen LogP contribution in [-0.4, -0.2) is 10.6 Å². The number of hydrogen-bond donors (Lipinski definition) is 0. The van der Waals surface area contributed by atoms with Crippen LogP contribution in [0.4, 0.5) is 11.4 Å². The summed E-state index contributed by atoms with van der Waals surface area (Å²) in [5, 5.41) is 18.0. The van der Waals surface area contributed by atoms with Crippen molar-refractivity contribution in [2.45, 2.75) is 12.5 Å². The SMILES string of the molecule is O=[N+]([O-])c1ccc(N2N=C(c3ccc(-c4ccccc4)cc3)CC2c2ccccc2)cc1. The summed E-state index contributed by atoms with van der Waals surface area (Å²) in [4.78, 5) is 10.7. The van der Waals surface area contributed by atoms with Crippen molar-refractivity contribution in [2.24, 2.45) is 5.10 Å². The minimum absolute atomic E-state index is 0.0291. The first-order chi connectivity index (χ1) is 15.7. The van der Waals surface area contributed by atoms with E-state index in [0.29, 0.717) is 0 Å².